The molecule has 32 heavy (non-hydrogen) atoms. The van der Waals surface area contributed by atoms with Gasteiger partial charge in [-0.05, 0) is 48.0 Å². The van der Waals surface area contributed by atoms with E-state index in [9.17, 15) is 14.4 Å². The first-order valence-electron chi connectivity index (χ1n) is 10.2. The lowest BCUT2D eigenvalue weighted by Gasteiger charge is -2.16. The smallest absolute Gasteiger partial charge is 0.337 e. The van der Waals surface area contributed by atoms with Gasteiger partial charge in [-0.15, -0.1) is 10.2 Å². The van der Waals surface area contributed by atoms with Gasteiger partial charge in [-0.25, -0.2) is 4.79 Å². The monoisotopic (exact) mass is 434 g/mol. The molecule has 2 aromatic carbocycles. The highest BCUT2D eigenvalue weighted by Crippen LogP contribution is 2.23. The van der Waals surface area contributed by atoms with E-state index in [-0.39, 0.29) is 24.8 Å². The number of amides is 2. The van der Waals surface area contributed by atoms with E-state index in [1.54, 1.807) is 41.3 Å². The zero-order chi connectivity index (χ0) is 22.5. The number of carbonyl (C=O) groups excluding carboxylic acids is 3. The molecule has 10 heteroatoms. The molecule has 3 aromatic rings. The number of hydrogen-bond acceptors (Lipinski definition) is 7. The maximum Gasteiger partial charge on any atom is 0.337 e. The van der Waals surface area contributed by atoms with Crippen molar-refractivity contribution in [3.8, 4) is 11.4 Å². The van der Waals surface area contributed by atoms with Crippen molar-refractivity contribution in [1.82, 2.24) is 20.2 Å². The molecule has 1 aliphatic rings. The number of tetrazole rings is 1. The van der Waals surface area contributed by atoms with E-state index in [1.165, 1.54) is 11.9 Å². The van der Waals surface area contributed by atoms with E-state index in [1.807, 2.05) is 12.1 Å². The Morgan fingerprint density at radius 3 is 2.50 bits per heavy atom. The summed E-state index contributed by atoms with van der Waals surface area (Å²) in [5.74, 6) is -0.0793. The summed E-state index contributed by atoms with van der Waals surface area (Å²) in [7, 11) is 1.32. The second kappa shape index (κ2) is 9.38. The van der Waals surface area contributed by atoms with Gasteiger partial charge in [0.2, 0.25) is 17.6 Å². The number of nitrogens with one attached hydrogen (secondary N) is 1. The number of carbonyl (C=O) groups is 3. The molecule has 2 amide bonds. The van der Waals surface area contributed by atoms with Gasteiger partial charge in [0, 0.05) is 36.3 Å². The Hall–Kier alpha value is -4.08. The molecule has 0 atom stereocenters. The number of esters is 1. The van der Waals surface area contributed by atoms with Crippen molar-refractivity contribution < 1.29 is 19.1 Å². The van der Waals surface area contributed by atoms with Crippen LogP contribution in [-0.4, -0.2) is 51.6 Å². The van der Waals surface area contributed by atoms with E-state index in [0.29, 0.717) is 29.1 Å². The summed E-state index contributed by atoms with van der Waals surface area (Å²) in [6.45, 7) is 0.992. The molecule has 1 N–H and O–H groups in total. The van der Waals surface area contributed by atoms with Gasteiger partial charge in [0.1, 0.15) is 0 Å². The van der Waals surface area contributed by atoms with Gasteiger partial charge in [0.25, 0.3) is 0 Å². The molecule has 0 aliphatic carbocycles. The van der Waals surface area contributed by atoms with Crippen LogP contribution in [0.1, 0.15) is 29.6 Å². The van der Waals surface area contributed by atoms with Crippen LogP contribution in [0.4, 0.5) is 11.4 Å². The van der Waals surface area contributed by atoms with Gasteiger partial charge in [0.05, 0.1) is 19.2 Å². The molecule has 0 saturated carbocycles. The topological polar surface area (TPSA) is 119 Å². The third kappa shape index (κ3) is 4.80. The van der Waals surface area contributed by atoms with E-state index in [0.717, 1.165) is 18.7 Å². The van der Waals surface area contributed by atoms with Crippen molar-refractivity contribution in [2.75, 3.05) is 23.9 Å². The Morgan fingerprint density at radius 2 is 1.84 bits per heavy atom. The number of benzene rings is 2. The van der Waals surface area contributed by atoms with Crippen molar-refractivity contribution in [2.45, 2.75) is 25.8 Å². The number of anilines is 2. The predicted molar refractivity (Wildman–Crippen MR) is 116 cm³/mol. The fourth-order valence-electron chi connectivity index (χ4n) is 3.40. The standard InChI is InChI=1S/C22H22N6O4/c1-32-22(31)16-6-4-15(5-7-16)21-24-26-28(25-21)14-12-19(29)23-17-8-10-18(11-9-17)27-13-2-3-20(27)30/h4-11H,2-3,12-14H2,1H3,(H,23,29). The first-order valence-corrected chi connectivity index (χ1v) is 10.2. The van der Waals surface area contributed by atoms with Crippen LogP contribution in [0.2, 0.25) is 0 Å². The highest BCUT2D eigenvalue weighted by atomic mass is 16.5. The van der Waals surface area contributed by atoms with Crippen molar-refractivity contribution in [1.29, 1.82) is 0 Å². The summed E-state index contributed by atoms with van der Waals surface area (Å²) in [4.78, 5) is 38.7. The number of hydrogen-bond donors (Lipinski definition) is 1. The molecule has 4 rings (SSSR count). The minimum absolute atomic E-state index is 0.126. The van der Waals surface area contributed by atoms with Crippen LogP contribution in [0.25, 0.3) is 11.4 Å². The van der Waals surface area contributed by atoms with Gasteiger partial charge in [-0.3, -0.25) is 9.59 Å². The molecule has 0 radical (unpaired) electrons. The molecule has 10 nitrogen and oxygen atoms in total. The zero-order valence-corrected chi connectivity index (χ0v) is 17.5. The molecule has 0 bridgehead atoms. The molecule has 0 spiro atoms. The quantitative estimate of drug-likeness (QED) is 0.567. The summed E-state index contributed by atoms with van der Waals surface area (Å²) in [5.41, 5.74) is 2.62. The number of aryl methyl sites for hydroxylation is 1. The molecular weight excluding hydrogens is 412 g/mol. The summed E-state index contributed by atoms with van der Waals surface area (Å²) in [6, 6.07) is 13.9. The van der Waals surface area contributed by atoms with Crippen LogP contribution in [0.5, 0.6) is 0 Å². The first kappa shape index (κ1) is 21.2. The van der Waals surface area contributed by atoms with Crippen LogP contribution in [0, 0.1) is 0 Å². The van der Waals surface area contributed by atoms with Crippen molar-refractivity contribution in [2.24, 2.45) is 0 Å². The summed E-state index contributed by atoms with van der Waals surface area (Å²) < 4.78 is 4.68. The lowest BCUT2D eigenvalue weighted by molar-refractivity contribution is -0.117. The average molecular weight is 434 g/mol. The molecule has 2 heterocycles. The molecule has 1 aliphatic heterocycles. The number of rotatable bonds is 7. The summed E-state index contributed by atoms with van der Waals surface area (Å²) in [6.07, 6.45) is 1.62. The van der Waals surface area contributed by atoms with Gasteiger partial charge in [-0.1, -0.05) is 12.1 Å². The van der Waals surface area contributed by atoms with Crippen molar-refractivity contribution in [3.05, 3.63) is 54.1 Å². The van der Waals surface area contributed by atoms with E-state index < -0.39 is 5.97 Å². The second-order valence-corrected chi connectivity index (χ2v) is 7.27. The van der Waals surface area contributed by atoms with E-state index >= 15 is 0 Å². The normalized spacial score (nSPS) is 13.3. The second-order valence-electron chi connectivity index (χ2n) is 7.27. The SMILES string of the molecule is COC(=O)c1ccc(-c2nnn(CCC(=O)Nc3ccc(N4CCCC4=O)cc3)n2)cc1. The number of ether oxygens (including phenoxy) is 1. The Morgan fingerprint density at radius 1 is 1.09 bits per heavy atom. The predicted octanol–water partition coefficient (Wildman–Crippen LogP) is 2.28. The number of nitrogens with zero attached hydrogens (tertiary/aromatic N) is 5. The van der Waals surface area contributed by atoms with Crippen LogP contribution in [0.15, 0.2) is 48.5 Å². The van der Waals surface area contributed by atoms with Crippen LogP contribution >= 0.6 is 0 Å². The van der Waals surface area contributed by atoms with Gasteiger partial charge in [0.15, 0.2) is 0 Å². The maximum absolute atomic E-state index is 12.3. The third-order valence-electron chi connectivity index (χ3n) is 5.09. The lowest BCUT2D eigenvalue weighted by Crippen LogP contribution is -2.23. The Balaban J connectivity index is 1.29. The molecule has 0 unspecified atom stereocenters. The number of aromatic nitrogens is 4. The van der Waals surface area contributed by atoms with Gasteiger partial charge < -0.3 is 15.0 Å². The third-order valence-corrected chi connectivity index (χ3v) is 5.09. The zero-order valence-electron chi connectivity index (χ0n) is 17.5. The Labute approximate surface area is 184 Å². The van der Waals surface area contributed by atoms with Crippen LogP contribution < -0.4 is 10.2 Å². The summed E-state index contributed by atoms with van der Waals surface area (Å²) in [5, 5.41) is 15.1. The maximum atomic E-state index is 12.3. The minimum atomic E-state index is -0.418. The number of methoxy groups -OCH3 is 1. The van der Waals surface area contributed by atoms with Crippen molar-refractivity contribution >= 4 is 29.2 Å². The van der Waals surface area contributed by atoms with Crippen molar-refractivity contribution in [3.63, 3.8) is 0 Å². The molecule has 164 valence electrons. The molecular formula is C22H22N6O4. The fourth-order valence-corrected chi connectivity index (χ4v) is 3.40. The van der Waals surface area contributed by atoms with Crippen LogP contribution in [0.3, 0.4) is 0 Å². The molecule has 1 saturated heterocycles. The lowest BCUT2D eigenvalue weighted by atomic mass is 10.1. The first-order chi connectivity index (χ1) is 15.5. The fraction of sp³-hybridized carbons (Fsp3) is 0.273. The van der Waals surface area contributed by atoms with Gasteiger partial charge >= 0.3 is 5.97 Å². The highest BCUT2D eigenvalue weighted by Gasteiger charge is 2.21. The van der Waals surface area contributed by atoms with E-state index in [4.69, 9.17) is 0 Å². The van der Waals surface area contributed by atoms with Crippen LogP contribution in [-0.2, 0) is 20.9 Å². The van der Waals surface area contributed by atoms with Gasteiger partial charge in [-0.2, -0.15) is 4.80 Å². The Kier molecular flexibility index (Phi) is 6.20. The Bertz CT molecular complexity index is 1120. The highest BCUT2D eigenvalue weighted by molar-refractivity contribution is 5.96. The summed E-state index contributed by atoms with van der Waals surface area (Å²) >= 11 is 0. The molecule has 1 fully saturated rings. The minimum Gasteiger partial charge on any atom is -0.465 e. The largest absolute Gasteiger partial charge is 0.465 e. The average Bonchev–Trinajstić information content (AvgIpc) is 3.47. The molecule has 1 aromatic heterocycles. The van der Waals surface area contributed by atoms with E-state index in [2.05, 4.69) is 25.5 Å².